The predicted octanol–water partition coefficient (Wildman–Crippen LogP) is 4.20. The van der Waals surface area contributed by atoms with Crippen molar-refractivity contribution in [2.24, 2.45) is 11.1 Å². The first-order valence-corrected chi connectivity index (χ1v) is 12.4. The number of Topliss-reactive ketones (excluding diaryl/α,β-unsaturated/α-hetero) is 1. The predicted molar refractivity (Wildman–Crippen MR) is 140 cm³/mol. The van der Waals surface area contributed by atoms with E-state index >= 15 is 0 Å². The van der Waals surface area contributed by atoms with E-state index in [0.29, 0.717) is 47.1 Å². The zero-order valence-corrected chi connectivity index (χ0v) is 22.0. The number of methoxy groups -OCH3 is 1. The second-order valence-corrected chi connectivity index (χ2v) is 9.91. The molecule has 200 valence electrons. The first kappa shape index (κ1) is 26.8. The van der Waals surface area contributed by atoms with Crippen molar-refractivity contribution < 1.29 is 33.3 Å². The van der Waals surface area contributed by atoms with Crippen molar-refractivity contribution in [1.29, 1.82) is 0 Å². The van der Waals surface area contributed by atoms with Crippen LogP contribution in [0.1, 0.15) is 45.1 Å². The molecular weight excluding hydrogens is 488 g/mol. The molecule has 1 atom stereocenters. The lowest BCUT2D eigenvalue weighted by atomic mass is 9.70. The van der Waals surface area contributed by atoms with Gasteiger partial charge in [-0.25, -0.2) is 4.79 Å². The summed E-state index contributed by atoms with van der Waals surface area (Å²) in [6.45, 7) is 6.09. The van der Waals surface area contributed by atoms with Crippen LogP contribution in [-0.4, -0.2) is 38.0 Å². The number of carbonyl (C=O) groups is 3. The highest BCUT2D eigenvalue weighted by molar-refractivity contribution is 6.03. The number of ether oxygens (including phenoxy) is 4. The highest BCUT2D eigenvalue weighted by atomic mass is 16.5. The van der Waals surface area contributed by atoms with Gasteiger partial charge in [-0.3, -0.25) is 9.59 Å². The highest BCUT2D eigenvalue weighted by Gasteiger charge is 2.45. The van der Waals surface area contributed by atoms with Crippen molar-refractivity contribution in [1.82, 2.24) is 0 Å². The maximum absolute atomic E-state index is 13.4. The van der Waals surface area contributed by atoms with E-state index in [1.807, 2.05) is 20.8 Å². The van der Waals surface area contributed by atoms with Crippen LogP contribution in [0.4, 0.5) is 5.69 Å². The van der Waals surface area contributed by atoms with Crippen molar-refractivity contribution in [3.8, 4) is 11.5 Å². The second kappa shape index (κ2) is 11.0. The Balaban J connectivity index is 1.62. The number of hydrogen-bond acceptors (Lipinski definition) is 8. The molecule has 2 aromatic rings. The summed E-state index contributed by atoms with van der Waals surface area (Å²) in [7, 11) is 1.24. The van der Waals surface area contributed by atoms with Gasteiger partial charge in [0.25, 0.3) is 5.91 Å². The van der Waals surface area contributed by atoms with Crippen LogP contribution in [0.5, 0.6) is 11.5 Å². The summed E-state index contributed by atoms with van der Waals surface area (Å²) in [6, 6.07) is 13.9. The SMILES string of the molecule is CCOc1ccc(NC(=O)COc2ccccc2C2C(C(=O)OC)=C(N)OC3=C2C(=O)CC(C)(C)C3)cc1. The van der Waals surface area contributed by atoms with Gasteiger partial charge in [0.2, 0.25) is 5.88 Å². The fraction of sp³-hybridized carbons (Fsp3) is 0.345. The molecule has 2 aliphatic rings. The van der Waals surface area contributed by atoms with Gasteiger partial charge in [0.1, 0.15) is 22.8 Å². The van der Waals surface area contributed by atoms with Gasteiger partial charge in [-0.1, -0.05) is 32.0 Å². The van der Waals surface area contributed by atoms with Crippen molar-refractivity contribution in [2.75, 3.05) is 25.6 Å². The summed E-state index contributed by atoms with van der Waals surface area (Å²) in [5, 5.41) is 2.78. The molecule has 1 aliphatic heterocycles. The van der Waals surface area contributed by atoms with Gasteiger partial charge in [-0.05, 0) is 42.7 Å². The molecule has 1 unspecified atom stereocenters. The third-order valence-corrected chi connectivity index (χ3v) is 6.40. The molecule has 3 N–H and O–H groups in total. The number of rotatable bonds is 8. The Morgan fingerprint density at radius 2 is 1.79 bits per heavy atom. The van der Waals surface area contributed by atoms with Crippen LogP contribution < -0.4 is 20.5 Å². The molecule has 38 heavy (non-hydrogen) atoms. The van der Waals surface area contributed by atoms with Gasteiger partial charge in [0.15, 0.2) is 12.4 Å². The summed E-state index contributed by atoms with van der Waals surface area (Å²) in [6.07, 6.45) is 0.765. The van der Waals surface area contributed by atoms with Crippen molar-refractivity contribution in [3.63, 3.8) is 0 Å². The quantitative estimate of drug-likeness (QED) is 0.496. The van der Waals surface area contributed by atoms with E-state index in [-0.39, 0.29) is 41.6 Å². The van der Waals surface area contributed by atoms with Crippen LogP contribution in [0.25, 0.3) is 0 Å². The molecule has 4 rings (SSSR count). The van der Waals surface area contributed by atoms with E-state index in [1.54, 1.807) is 48.5 Å². The third kappa shape index (κ3) is 5.66. The summed E-state index contributed by atoms with van der Waals surface area (Å²) in [5.41, 5.74) is 7.37. The number of carbonyl (C=O) groups excluding carboxylic acids is 3. The van der Waals surface area contributed by atoms with Crippen molar-refractivity contribution in [2.45, 2.75) is 39.5 Å². The first-order chi connectivity index (χ1) is 18.1. The van der Waals surface area contributed by atoms with Crippen LogP contribution in [0.15, 0.2) is 71.3 Å². The Morgan fingerprint density at radius 1 is 1.08 bits per heavy atom. The molecular formula is C29H32N2O7. The number of para-hydroxylation sites is 1. The van der Waals surface area contributed by atoms with Crippen LogP contribution in [0.2, 0.25) is 0 Å². The minimum Gasteiger partial charge on any atom is -0.494 e. The number of anilines is 1. The monoisotopic (exact) mass is 520 g/mol. The summed E-state index contributed by atoms with van der Waals surface area (Å²) < 4.78 is 22.1. The molecule has 0 radical (unpaired) electrons. The molecule has 1 aliphatic carbocycles. The fourth-order valence-electron chi connectivity index (χ4n) is 4.80. The number of benzene rings is 2. The lowest BCUT2D eigenvalue weighted by molar-refractivity contribution is -0.136. The van der Waals surface area contributed by atoms with Gasteiger partial charge in [-0.2, -0.15) is 0 Å². The topological polar surface area (TPSA) is 126 Å². The standard InChI is InChI=1S/C29H32N2O7/c1-5-36-18-12-10-17(11-13-18)31-23(33)16-37-21-9-7-6-8-19(21)24-25-20(32)14-29(2,3)15-22(25)38-27(30)26(24)28(34)35-4/h6-13,24H,5,14-16,30H2,1-4H3,(H,31,33). The number of allylic oxidation sites excluding steroid dienone is 2. The van der Waals surface area contributed by atoms with Crippen molar-refractivity contribution >= 4 is 23.3 Å². The Hall–Kier alpha value is -4.27. The Bertz CT molecular complexity index is 1310. The maximum Gasteiger partial charge on any atom is 0.340 e. The first-order valence-electron chi connectivity index (χ1n) is 12.4. The number of nitrogens with two attached hydrogens (primary N) is 1. The van der Waals surface area contributed by atoms with Crippen molar-refractivity contribution in [3.05, 3.63) is 76.9 Å². The third-order valence-electron chi connectivity index (χ3n) is 6.40. The van der Waals surface area contributed by atoms with Gasteiger partial charge >= 0.3 is 5.97 Å². The minimum atomic E-state index is -0.861. The molecule has 9 nitrogen and oxygen atoms in total. The smallest absolute Gasteiger partial charge is 0.340 e. The fourth-order valence-corrected chi connectivity index (χ4v) is 4.80. The number of ketones is 1. The van der Waals surface area contributed by atoms with Gasteiger partial charge in [0.05, 0.1) is 19.6 Å². The molecule has 0 aromatic heterocycles. The largest absolute Gasteiger partial charge is 0.494 e. The normalized spacial score (nSPS) is 18.3. The Kier molecular flexibility index (Phi) is 7.75. The van der Waals surface area contributed by atoms with Crippen LogP contribution in [-0.2, 0) is 23.9 Å². The van der Waals surface area contributed by atoms with Crippen LogP contribution in [0, 0.1) is 5.41 Å². The van der Waals surface area contributed by atoms with Gasteiger partial charge in [-0.15, -0.1) is 0 Å². The molecule has 9 heteroatoms. The Labute approximate surface area is 221 Å². The maximum atomic E-state index is 13.4. The zero-order valence-electron chi connectivity index (χ0n) is 22.0. The van der Waals surface area contributed by atoms with E-state index in [4.69, 9.17) is 24.7 Å². The average Bonchev–Trinajstić information content (AvgIpc) is 2.87. The molecule has 1 heterocycles. The zero-order chi connectivity index (χ0) is 27.4. The number of hydrogen-bond donors (Lipinski definition) is 2. The molecule has 0 saturated heterocycles. The summed E-state index contributed by atoms with van der Waals surface area (Å²) in [4.78, 5) is 38.8. The van der Waals surface area contributed by atoms with E-state index < -0.39 is 11.9 Å². The molecule has 0 saturated carbocycles. The molecule has 0 fully saturated rings. The molecule has 0 bridgehead atoms. The number of esters is 1. The number of nitrogens with one attached hydrogen (secondary N) is 1. The van der Waals surface area contributed by atoms with E-state index in [2.05, 4.69) is 5.32 Å². The lowest BCUT2D eigenvalue weighted by Gasteiger charge is -2.38. The van der Waals surface area contributed by atoms with Crippen LogP contribution in [0.3, 0.4) is 0 Å². The second-order valence-electron chi connectivity index (χ2n) is 9.91. The van der Waals surface area contributed by atoms with E-state index in [0.717, 1.165) is 0 Å². The molecule has 1 amide bonds. The van der Waals surface area contributed by atoms with E-state index in [9.17, 15) is 14.4 Å². The minimum absolute atomic E-state index is 0.0224. The average molecular weight is 521 g/mol. The van der Waals surface area contributed by atoms with E-state index in [1.165, 1.54) is 7.11 Å². The number of amides is 1. The van der Waals surface area contributed by atoms with Crippen LogP contribution >= 0.6 is 0 Å². The van der Waals surface area contributed by atoms with Gasteiger partial charge < -0.3 is 30.0 Å². The summed E-state index contributed by atoms with van der Waals surface area (Å²) >= 11 is 0. The summed E-state index contributed by atoms with van der Waals surface area (Å²) in [5.74, 6) is -0.735. The lowest BCUT2D eigenvalue weighted by Crippen LogP contribution is -2.35. The Morgan fingerprint density at radius 3 is 2.47 bits per heavy atom. The molecule has 0 spiro atoms. The highest BCUT2D eigenvalue weighted by Crippen LogP contribution is 2.49. The molecule has 2 aromatic carbocycles. The van der Waals surface area contributed by atoms with Gasteiger partial charge in [0, 0.05) is 29.7 Å².